The van der Waals surface area contributed by atoms with Gasteiger partial charge in [-0.25, -0.2) is 4.39 Å². The van der Waals surface area contributed by atoms with E-state index in [1.54, 1.807) is 0 Å². The Morgan fingerprint density at radius 3 is 2.65 bits per heavy atom. The molecule has 1 rings (SSSR count). The number of benzene rings is 1. The van der Waals surface area contributed by atoms with Gasteiger partial charge in [0.15, 0.2) is 0 Å². The monoisotopic (exact) mass is 259 g/mol. The Balaban J connectivity index is 3.02. The number of rotatable bonds is 4. The lowest BCUT2D eigenvalue weighted by molar-refractivity contribution is -0.137. The van der Waals surface area contributed by atoms with E-state index in [0.29, 0.717) is 0 Å². The van der Waals surface area contributed by atoms with Crippen molar-refractivity contribution in [3.63, 3.8) is 0 Å². The lowest BCUT2D eigenvalue weighted by Gasteiger charge is -2.17. The van der Waals surface area contributed by atoms with Crippen LogP contribution in [0.2, 0.25) is 5.02 Å². The van der Waals surface area contributed by atoms with Crippen LogP contribution in [0.1, 0.15) is 24.9 Å². The highest BCUT2D eigenvalue weighted by Crippen LogP contribution is 2.23. The van der Waals surface area contributed by atoms with Crippen molar-refractivity contribution in [1.29, 1.82) is 0 Å². The van der Waals surface area contributed by atoms with Crippen molar-refractivity contribution in [2.24, 2.45) is 0 Å². The van der Waals surface area contributed by atoms with Gasteiger partial charge in [-0.2, -0.15) is 0 Å². The number of carbonyl (C=O) groups excluding carboxylic acids is 1. The molecule has 0 aliphatic carbocycles. The fourth-order valence-corrected chi connectivity index (χ4v) is 1.60. The zero-order valence-corrected chi connectivity index (χ0v) is 9.79. The maximum atomic E-state index is 13.6. The number of amides is 1. The zero-order valence-electron chi connectivity index (χ0n) is 9.04. The Bertz CT molecular complexity index is 434. The van der Waals surface area contributed by atoms with Gasteiger partial charge in [0.1, 0.15) is 5.82 Å². The van der Waals surface area contributed by atoms with Gasteiger partial charge in [-0.1, -0.05) is 17.7 Å². The van der Waals surface area contributed by atoms with Crippen molar-refractivity contribution in [1.82, 2.24) is 5.32 Å². The molecule has 1 amide bonds. The van der Waals surface area contributed by atoms with Gasteiger partial charge in [-0.05, 0) is 12.1 Å². The predicted octanol–water partition coefficient (Wildman–Crippen LogP) is 2.13. The minimum absolute atomic E-state index is 0.104. The summed E-state index contributed by atoms with van der Waals surface area (Å²) in [6, 6.07) is 2.98. The molecule has 6 heteroatoms. The van der Waals surface area contributed by atoms with Gasteiger partial charge in [-0.3, -0.25) is 9.59 Å². The molecule has 0 aliphatic heterocycles. The fourth-order valence-electron chi connectivity index (χ4n) is 1.44. The van der Waals surface area contributed by atoms with Crippen LogP contribution in [-0.2, 0) is 9.59 Å². The van der Waals surface area contributed by atoms with E-state index < -0.39 is 30.2 Å². The summed E-state index contributed by atoms with van der Waals surface area (Å²) in [5, 5.41) is 11.3. The number of carboxylic acid groups (broad SMARTS) is 1. The average Bonchev–Trinajstić information content (AvgIpc) is 2.14. The molecule has 0 heterocycles. The lowest BCUT2D eigenvalue weighted by atomic mass is 10.0. The summed E-state index contributed by atoms with van der Waals surface area (Å²) >= 11 is 5.59. The number of nitrogens with one attached hydrogen (secondary N) is 1. The molecule has 1 aromatic carbocycles. The van der Waals surface area contributed by atoms with Crippen molar-refractivity contribution < 1.29 is 19.1 Å². The van der Waals surface area contributed by atoms with E-state index in [4.69, 9.17) is 16.7 Å². The van der Waals surface area contributed by atoms with Crippen LogP contribution in [0.4, 0.5) is 4.39 Å². The van der Waals surface area contributed by atoms with E-state index in [0.717, 1.165) is 6.07 Å². The highest BCUT2D eigenvalue weighted by atomic mass is 35.5. The summed E-state index contributed by atoms with van der Waals surface area (Å²) in [6.45, 7) is 1.24. The first-order valence-electron chi connectivity index (χ1n) is 4.84. The minimum atomic E-state index is -1.13. The van der Waals surface area contributed by atoms with E-state index in [1.165, 1.54) is 19.1 Å². The Morgan fingerprint density at radius 1 is 1.53 bits per heavy atom. The number of carbonyl (C=O) groups is 2. The molecule has 0 saturated carbocycles. The summed E-state index contributed by atoms with van der Waals surface area (Å²) in [7, 11) is 0. The number of aliphatic carboxylic acids is 1. The molecule has 0 fully saturated rings. The predicted molar refractivity (Wildman–Crippen MR) is 60.2 cm³/mol. The molecule has 1 atom stereocenters. The molecule has 4 nitrogen and oxygen atoms in total. The fraction of sp³-hybridized carbons (Fsp3) is 0.273. The first kappa shape index (κ1) is 13.4. The van der Waals surface area contributed by atoms with Gasteiger partial charge >= 0.3 is 5.97 Å². The number of hydrogen-bond acceptors (Lipinski definition) is 2. The van der Waals surface area contributed by atoms with Crippen LogP contribution < -0.4 is 5.32 Å². The summed E-state index contributed by atoms with van der Waals surface area (Å²) in [5.74, 6) is -2.19. The molecule has 0 radical (unpaired) electrons. The van der Waals surface area contributed by atoms with E-state index in [2.05, 4.69) is 5.32 Å². The van der Waals surface area contributed by atoms with E-state index >= 15 is 0 Å². The lowest BCUT2D eigenvalue weighted by Crippen LogP contribution is -2.28. The molecule has 0 aromatic heterocycles. The Morgan fingerprint density at radius 2 is 2.18 bits per heavy atom. The summed E-state index contributed by atoms with van der Waals surface area (Å²) in [4.78, 5) is 21.6. The van der Waals surface area contributed by atoms with Gasteiger partial charge in [0.25, 0.3) is 0 Å². The molecule has 0 unspecified atom stereocenters. The van der Waals surface area contributed by atoms with Crippen molar-refractivity contribution in [2.75, 3.05) is 0 Å². The standard InChI is InChI=1S/C11H11ClFNO3/c1-6(15)14-10(5-11(16)17)8-3-2-7(12)4-9(8)13/h2-4,10H,5H2,1H3,(H,14,15)(H,16,17)/t10-/m1/s1. The average molecular weight is 260 g/mol. The third-order valence-electron chi connectivity index (χ3n) is 2.09. The first-order valence-corrected chi connectivity index (χ1v) is 5.21. The van der Waals surface area contributed by atoms with Crippen LogP contribution in [0.25, 0.3) is 0 Å². The quantitative estimate of drug-likeness (QED) is 0.870. The highest BCUT2D eigenvalue weighted by Gasteiger charge is 2.19. The van der Waals surface area contributed by atoms with E-state index in [-0.39, 0.29) is 10.6 Å². The molecule has 17 heavy (non-hydrogen) atoms. The summed E-state index contributed by atoms with van der Waals surface area (Å²) < 4.78 is 13.6. The van der Waals surface area contributed by atoms with Gasteiger partial charge in [0, 0.05) is 17.5 Å². The van der Waals surface area contributed by atoms with Crippen LogP contribution in [0.5, 0.6) is 0 Å². The second-order valence-electron chi connectivity index (χ2n) is 3.52. The molecule has 0 aliphatic rings. The zero-order chi connectivity index (χ0) is 13.0. The Labute approximate surface area is 102 Å². The third-order valence-corrected chi connectivity index (χ3v) is 2.33. The van der Waals surface area contributed by atoms with Gasteiger partial charge in [-0.15, -0.1) is 0 Å². The van der Waals surface area contributed by atoms with Crippen LogP contribution in [0, 0.1) is 5.82 Å². The second-order valence-corrected chi connectivity index (χ2v) is 3.95. The van der Waals surface area contributed by atoms with Crippen molar-refractivity contribution in [3.8, 4) is 0 Å². The smallest absolute Gasteiger partial charge is 0.305 e. The number of carboxylic acids is 1. The van der Waals surface area contributed by atoms with Crippen molar-refractivity contribution in [3.05, 3.63) is 34.6 Å². The molecular formula is C11H11ClFNO3. The maximum Gasteiger partial charge on any atom is 0.305 e. The van der Waals surface area contributed by atoms with Crippen LogP contribution >= 0.6 is 11.6 Å². The largest absolute Gasteiger partial charge is 0.481 e. The van der Waals surface area contributed by atoms with Crippen LogP contribution in [-0.4, -0.2) is 17.0 Å². The number of hydrogen-bond donors (Lipinski definition) is 2. The van der Waals surface area contributed by atoms with Gasteiger partial charge in [0.2, 0.25) is 5.91 Å². The summed E-state index contributed by atoms with van der Waals surface area (Å²) in [5.41, 5.74) is 0.104. The van der Waals surface area contributed by atoms with E-state index in [1.807, 2.05) is 0 Å². The molecule has 0 spiro atoms. The highest BCUT2D eigenvalue weighted by molar-refractivity contribution is 6.30. The normalized spacial score (nSPS) is 11.9. The molecular weight excluding hydrogens is 249 g/mol. The Kier molecular flexibility index (Phi) is 4.45. The molecule has 0 bridgehead atoms. The topological polar surface area (TPSA) is 66.4 Å². The van der Waals surface area contributed by atoms with Crippen molar-refractivity contribution in [2.45, 2.75) is 19.4 Å². The molecule has 1 aromatic rings. The SMILES string of the molecule is CC(=O)N[C@H](CC(=O)O)c1ccc(Cl)cc1F. The molecule has 92 valence electrons. The first-order chi connectivity index (χ1) is 7.90. The molecule has 2 N–H and O–H groups in total. The van der Waals surface area contributed by atoms with Gasteiger partial charge in [0.05, 0.1) is 12.5 Å². The second kappa shape index (κ2) is 5.63. The maximum absolute atomic E-state index is 13.6. The van der Waals surface area contributed by atoms with E-state index in [9.17, 15) is 14.0 Å². The number of halogens is 2. The van der Waals surface area contributed by atoms with Crippen LogP contribution in [0.15, 0.2) is 18.2 Å². The minimum Gasteiger partial charge on any atom is -0.481 e. The summed E-state index contributed by atoms with van der Waals surface area (Å²) in [6.07, 6.45) is -0.391. The molecule has 0 saturated heterocycles. The van der Waals surface area contributed by atoms with Gasteiger partial charge < -0.3 is 10.4 Å². The third kappa shape index (κ3) is 4.03. The van der Waals surface area contributed by atoms with Crippen LogP contribution in [0.3, 0.4) is 0 Å². The Hall–Kier alpha value is -1.62. The van der Waals surface area contributed by atoms with Crippen molar-refractivity contribution >= 4 is 23.5 Å².